The van der Waals surface area contributed by atoms with Gasteiger partial charge < -0.3 is 15.1 Å². The van der Waals surface area contributed by atoms with E-state index >= 15 is 0 Å². The lowest BCUT2D eigenvalue weighted by molar-refractivity contribution is -0.130. The van der Waals surface area contributed by atoms with Gasteiger partial charge in [0.05, 0.1) is 18.6 Å². The van der Waals surface area contributed by atoms with Crippen molar-refractivity contribution in [1.29, 1.82) is 0 Å². The number of rotatable bonds is 10. The number of piperazine rings is 1. The van der Waals surface area contributed by atoms with E-state index in [0.29, 0.717) is 23.9 Å². The molecule has 0 spiro atoms. The predicted octanol–water partition coefficient (Wildman–Crippen LogP) is 1.84. The van der Waals surface area contributed by atoms with E-state index in [4.69, 9.17) is 10.2 Å². The van der Waals surface area contributed by atoms with Gasteiger partial charge in [0.2, 0.25) is 11.8 Å². The van der Waals surface area contributed by atoms with Gasteiger partial charge in [0.15, 0.2) is 5.16 Å². The van der Waals surface area contributed by atoms with E-state index < -0.39 is 0 Å². The van der Waals surface area contributed by atoms with E-state index in [1.165, 1.54) is 16.6 Å². The molecule has 3 aromatic heterocycles. The molecule has 0 atom stereocenters. The van der Waals surface area contributed by atoms with Gasteiger partial charge in [0.25, 0.3) is 0 Å². The van der Waals surface area contributed by atoms with E-state index in [9.17, 15) is 9.59 Å². The Kier molecular flexibility index (Phi) is 7.61. The summed E-state index contributed by atoms with van der Waals surface area (Å²) in [6.45, 7) is 4.59. The Labute approximate surface area is 194 Å². The second kappa shape index (κ2) is 10.8. The van der Waals surface area contributed by atoms with Gasteiger partial charge in [0.1, 0.15) is 11.6 Å². The van der Waals surface area contributed by atoms with Gasteiger partial charge in [-0.3, -0.25) is 19.1 Å². The van der Waals surface area contributed by atoms with Crippen molar-refractivity contribution in [3.63, 3.8) is 0 Å². The number of thioether (sulfide) groups is 1. The zero-order valence-corrected chi connectivity index (χ0v) is 19.3. The highest BCUT2D eigenvalue weighted by Crippen LogP contribution is 2.21. The number of aromatic nitrogens is 3. The average Bonchev–Trinajstić information content (AvgIpc) is 3.55. The number of thiophene rings is 1. The van der Waals surface area contributed by atoms with E-state index in [2.05, 4.69) is 32.6 Å². The lowest BCUT2D eigenvalue weighted by Crippen LogP contribution is -2.48. The Morgan fingerprint density at radius 3 is 2.66 bits per heavy atom. The summed E-state index contributed by atoms with van der Waals surface area (Å²) in [5.41, 5.74) is 5.29. The van der Waals surface area contributed by atoms with Gasteiger partial charge in [0, 0.05) is 50.4 Å². The molecule has 4 rings (SSSR count). The molecule has 170 valence electrons. The van der Waals surface area contributed by atoms with Crippen molar-refractivity contribution >= 4 is 34.9 Å². The molecule has 0 unspecified atom stereocenters. The van der Waals surface area contributed by atoms with Crippen LogP contribution in [0.4, 0.5) is 0 Å². The first-order chi connectivity index (χ1) is 15.6. The molecule has 1 aliphatic rings. The van der Waals surface area contributed by atoms with Crippen LogP contribution < -0.4 is 5.73 Å². The molecule has 2 N–H and O–H groups in total. The highest BCUT2D eigenvalue weighted by atomic mass is 32.2. The smallest absolute Gasteiger partial charge is 0.233 e. The van der Waals surface area contributed by atoms with Crippen molar-refractivity contribution in [2.75, 3.05) is 31.9 Å². The number of nitrogens with zero attached hydrogens (tertiary/aromatic N) is 5. The topological polar surface area (TPSA) is 110 Å². The minimum atomic E-state index is -0.389. The molecule has 4 heterocycles. The molecule has 0 radical (unpaired) electrons. The minimum absolute atomic E-state index is 0.0945. The van der Waals surface area contributed by atoms with Crippen molar-refractivity contribution in [3.8, 4) is 0 Å². The van der Waals surface area contributed by atoms with Crippen LogP contribution in [0.1, 0.15) is 22.9 Å². The normalized spacial score (nSPS) is 14.7. The number of amides is 2. The maximum atomic E-state index is 12.8. The summed E-state index contributed by atoms with van der Waals surface area (Å²) in [5, 5.41) is 11.2. The molecular weight excluding hydrogens is 448 g/mol. The number of hydrogen-bond acceptors (Lipinski definition) is 8. The third-order valence-corrected chi connectivity index (χ3v) is 7.10. The Balaban J connectivity index is 1.32. The second-order valence-electron chi connectivity index (χ2n) is 7.56. The number of carbonyl (C=O) groups is 2. The third kappa shape index (κ3) is 5.99. The zero-order chi connectivity index (χ0) is 22.3. The lowest BCUT2D eigenvalue weighted by Gasteiger charge is -2.34. The molecular formula is C21H26N6O3S2. The Morgan fingerprint density at radius 1 is 1.12 bits per heavy atom. The predicted molar refractivity (Wildman–Crippen MR) is 122 cm³/mol. The van der Waals surface area contributed by atoms with Crippen LogP contribution in [0, 0.1) is 0 Å². The number of hydrogen-bond donors (Lipinski definition) is 1. The van der Waals surface area contributed by atoms with Crippen LogP contribution in [0.3, 0.4) is 0 Å². The first-order valence-electron chi connectivity index (χ1n) is 10.5. The van der Waals surface area contributed by atoms with Gasteiger partial charge in [-0.15, -0.1) is 21.5 Å². The highest BCUT2D eigenvalue weighted by Gasteiger charge is 2.23. The van der Waals surface area contributed by atoms with Gasteiger partial charge in [-0.2, -0.15) is 0 Å². The molecule has 3 aromatic rings. The number of primary amides is 1. The standard InChI is InChI=1S/C21H26N6O3S2/c22-18(28)5-6-19-23-24-21(27(19)13-16-3-1-11-30-16)32-15-20(29)26-9-7-25(8-10-26)14-17-4-2-12-31-17/h1-4,11-12H,5-10,13-15H2,(H2,22,28). The van der Waals surface area contributed by atoms with Crippen LogP contribution in [-0.4, -0.2) is 68.3 Å². The van der Waals surface area contributed by atoms with Gasteiger partial charge in [-0.05, 0) is 23.6 Å². The summed E-state index contributed by atoms with van der Waals surface area (Å²) < 4.78 is 7.34. The van der Waals surface area contributed by atoms with Crippen LogP contribution in [0.25, 0.3) is 0 Å². The molecule has 11 heteroatoms. The Morgan fingerprint density at radius 2 is 1.97 bits per heavy atom. The molecule has 32 heavy (non-hydrogen) atoms. The minimum Gasteiger partial charge on any atom is -0.467 e. The van der Waals surface area contributed by atoms with Crippen LogP contribution in [0.15, 0.2) is 45.5 Å². The van der Waals surface area contributed by atoms with Crippen molar-refractivity contribution in [2.24, 2.45) is 5.73 Å². The van der Waals surface area contributed by atoms with E-state index in [1.54, 1.807) is 17.6 Å². The van der Waals surface area contributed by atoms with Crippen LogP contribution in [0.2, 0.25) is 0 Å². The van der Waals surface area contributed by atoms with Crippen LogP contribution in [-0.2, 0) is 29.1 Å². The molecule has 1 fully saturated rings. The summed E-state index contributed by atoms with van der Waals surface area (Å²) in [7, 11) is 0. The Hall–Kier alpha value is -2.63. The van der Waals surface area contributed by atoms with Gasteiger partial charge >= 0.3 is 0 Å². The lowest BCUT2D eigenvalue weighted by atomic mass is 10.3. The van der Waals surface area contributed by atoms with Crippen molar-refractivity contribution in [3.05, 3.63) is 52.4 Å². The summed E-state index contributed by atoms with van der Waals surface area (Å²) in [6, 6.07) is 7.90. The third-order valence-electron chi connectivity index (χ3n) is 5.29. The van der Waals surface area contributed by atoms with E-state index in [0.717, 1.165) is 38.5 Å². The maximum Gasteiger partial charge on any atom is 0.233 e. The average molecular weight is 475 g/mol. The zero-order valence-electron chi connectivity index (χ0n) is 17.7. The quantitative estimate of drug-likeness (QED) is 0.446. The van der Waals surface area contributed by atoms with Gasteiger partial charge in [-0.1, -0.05) is 17.8 Å². The maximum absolute atomic E-state index is 12.8. The molecule has 0 saturated carbocycles. The first kappa shape index (κ1) is 22.6. The number of carbonyl (C=O) groups excluding carboxylic acids is 2. The van der Waals surface area contributed by atoms with E-state index in [1.807, 2.05) is 21.6 Å². The van der Waals surface area contributed by atoms with Crippen molar-refractivity contribution < 1.29 is 14.0 Å². The van der Waals surface area contributed by atoms with Crippen LogP contribution in [0.5, 0.6) is 0 Å². The SMILES string of the molecule is NC(=O)CCc1nnc(SCC(=O)N2CCN(Cc3cccs3)CC2)n1Cc1ccco1. The Bertz CT molecular complexity index is 1010. The summed E-state index contributed by atoms with van der Waals surface area (Å²) in [6.07, 6.45) is 2.19. The monoisotopic (exact) mass is 474 g/mol. The molecule has 2 amide bonds. The van der Waals surface area contributed by atoms with Crippen molar-refractivity contribution in [2.45, 2.75) is 31.1 Å². The highest BCUT2D eigenvalue weighted by molar-refractivity contribution is 7.99. The largest absolute Gasteiger partial charge is 0.467 e. The van der Waals surface area contributed by atoms with E-state index in [-0.39, 0.29) is 24.0 Å². The van der Waals surface area contributed by atoms with Gasteiger partial charge in [-0.25, -0.2) is 0 Å². The fourth-order valence-corrected chi connectivity index (χ4v) is 5.16. The summed E-state index contributed by atoms with van der Waals surface area (Å²) >= 11 is 3.12. The van der Waals surface area contributed by atoms with Crippen molar-refractivity contribution in [1.82, 2.24) is 24.6 Å². The molecule has 0 aliphatic carbocycles. The number of furan rings is 1. The molecule has 1 aliphatic heterocycles. The first-order valence-corrected chi connectivity index (χ1v) is 12.3. The number of aryl methyl sites for hydroxylation is 1. The number of nitrogens with two attached hydrogens (primary N) is 1. The second-order valence-corrected chi connectivity index (χ2v) is 9.53. The molecule has 1 saturated heterocycles. The molecule has 9 nitrogen and oxygen atoms in total. The van der Waals surface area contributed by atoms with Crippen LogP contribution >= 0.6 is 23.1 Å². The fraction of sp³-hybridized carbons (Fsp3) is 0.429. The molecule has 0 bridgehead atoms. The summed E-state index contributed by atoms with van der Waals surface area (Å²) in [5.74, 6) is 1.39. The fourth-order valence-electron chi connectivity index (χ4n) is 3.56. The summed E-state index contributed by atoms with van der Waals surface area (Å²) in [4.78, 5) is 29.6. The molecule has 0 aromatic carbocycles.